The number of nitrogens with zero attached hydrogens (tertiary/aromatic N) is 2. The Bertz CT molecular complexity index is 741. The molecule has 0 unspecified atom stereocenters. The van der Waals surface area contributed by atoms with E-state index in [2.05, 4.69) is 30.0 Å². The first kappa shape index (κ1) is 13.6. The number of hydrogen-bond acceptors (Lipinski definition) is 5. The van der Waals surface area contributed by atoms with E-state index < -0.39 is 0 Å². The number of nitrogens with one attached hydrogen (secondary N) is 1. The molecule has 0 bridgehead atoms. The minimum absolute atomic E-state index is 0.525. The number of rotatable bonds is 3. The number of halogens is 3. The van der Waals surface area contributed by atoms with E-state index in [0.717, 1.165) is 27.4 Å². The number of thiophene rings is 1. The molecule has 1 N–H and O–H groups in total. The first-order chi connectivity index (χ1) is 9.16. The van der Waals surface area contributed by atoms with Gasteiger partial charge in [-0.3, -0.25) is 0 Å². The van der Waals surface area contributed by atoms with Crippen LogP contribution in [-0.2, 0) is 6.54 Å². The van der Waals surface area contributed by atoms with Crippen LogP contribution < -0.4 is 5.32 Å². The van der Waals surface area contributed by atoms with Crippen LogP contribution in [0.5, 0.6) is 0 Å². The molecule has 3 aromatic rings. The lowest BCUT2D eigenvalue weighted by Crippen LogP contribution is -1.99. The summed E-state index contributed by atoms with van der Waals surface area (Å²) < 4.78 is 9.52. The Morgan fingerprint density at radius 2 is 2.00 bits per heavy atom. The summed E-state index contributed by atoms with van der Waals surface area (Å²) in [5.41, 5.74) is 2.18. The van der Waals surface area contributed by atoms with Gasteiger partial charge in [0.15, 0.2) is 0 Å². The molecule has 0 spiro atoms. The predicted molar refractivity (Wildman–Crippen MR) is 86.8 cm³/mol. The minimum atomic E-state index is 0.525. The summed E-state index contributed by atoms with van der Waals surface area (Å²) in [6.07, 6.45) is 0. The lowest BCUT2D eigenvalue weighted by atomic mass is 10.2. The fourth-order valence-corrected chi connectivity index (χ4v) is 4.27. The van der Waals surface area contributed by atoms with Gasteiger partial charge in [0, 0.05) is 9.35 Å². The Balaban J connectivity index is 1.97. The molecule has 3 nitrogen and oxygen atoms in total. The molecular weight excluding hydrogens is 389 g/mol. The topological polar surface area (TPSA) is 37.8 Å². The highest BCUT2D eigenvalue weighted by Gasteiger charge is 2.14. The number of fused-ring (bicyclic) bond motifs is 1. The van der Waals surface area contributed by atoms with Gasteiger partial charge < -0.3 is 5.32 Å². The fraction of sp³-hybridized carbons (Fsp3) is 0.0909. The molecule has 8 heteroatoms. The van der Waals surface area contributed by atoms with Gasteiger partial charge in [0.2, 0.25) is 0 Å². The van der Waals surface area contributed by atoms with Crippen LogP contribution in [0.2, 0.25) is 10.0 Å². The first-order valence-corrected chi connectivity index (χ1v) is 8.38. The summed E-state index contributed by atoms with van der Waals surface area (Å²) in [6.45, 7) is 0.673. The lowest BCUT2D eigenvalue weighted by Gasteiger charge is -2.09. The maximum absolute atomic E-state index is 6.23. The summed E-state index contributed by atoms with van der Waals surface area (Å²) in [4.78, 5) is 1.20. The Kier molecular flexibility index (Phi) is 3.96. The molecular formula is C11H6BrCl2N3S2. The molecule has 0 radical (unpaired) electrons. The van der Waals surface area contributed by atoms with Crippen LogP contribution in [0, 0.1) is 0 Å². The highest BCUT2D eigenvalue weighted by molar-refractivity contribution is 9.10. The standard InChI is InChI=1S/C11H6BrCl2N3S2/c12-5-1-2-18-8(5)4-15-9-6(13)3-7(14)10-11(9)17-19-16-10/h1-3,15H,4H2. The molecule has 0 aliphatic carbocycles. The van der Waals surface area contributed by atoms with Gasteiger partial charge in [-0.05, 0) is 33.4 Å². The van der Waals surface area contributed by atoms with Crippen LogP contribution in [0.25, 0.3) is 11.0 Å². The van der Waals surface area contributed by atoms with Crippen LogP contribution in [0.4, 0.5) is 5.69 Å². The van der Waals surface area contributed by atoms with Crippen LogP contribution >= 0.6 is 62.2 Å². The van der Waals surface area contributed by atoms with Gasteiger partial charge in [-0.25, -0.2) is 0 Å². The maximum Gasteiger partial charge on any atom is 0.130 e. The average molecular weight is 395 g/mol. The second-order valence-electron chi connectivity index (χ2n) is 3.72. The van der Waals surface area contributed by atoms with Gasteiger partial charge in [0.05, 0.1) is 34.0 Å². The lowest BCUT2D eigenvalue weighted by molar-refractivity contribution is 1.19. The molecule has 19 heavy (non-hydrogen) atoms. The zero-order valence-corrected chi connectivity index (χ0v) is 14.0. The van der Waals surface area contributed by atoms with Crippen molar-refractivity contribution in [3.63, 3.8) is 0 Å². The van der Waals surface area contributed by atoms with Crippen molar-refractivity contribution in [2.75, 3.05) is 5.32 Å². The van der Waals surface area contributed by atoms with Crippen molar-refractivity contribution in [1.82, 2.24) is 8.75 Å². The van der Waals surface area contributed by atoms with E-state index in [9.17, 15) is 0 Å². The van der Waals surface area contributed by atoms with Crippen molar-refractivity contribution in [3.8, 4) is 0 Å². The highest BCUT2D eigenvalue weighted by atomic mass is 79.9. The fourth-order valence-electron chi connectivity index (χ4n) is 1.66. The van der Waals surface area contributed by atoms with Crippen molar-refractivity contribution < 1.29 is 0 Å². The monoisotopic (exact) mass is 393 g/mol. The van der Waals surface area contributed by atoms with Crippen molar-refractivity contribution in [2.45, 2.75) is 6.54 Å². The van der Waals surface area contributed by atoms with Crippen molar-refractivity contribution in [3.05, 3.63) is 36.9 Å². The SMILES string of the molecule is Clc1cc(Cl)c2nsnc2c1NCc1sccc1Br. The Morgan fingerprint density at radius 1 is 1.21 bits per heavy atom. The first-order valence-electron chi connectivity index (χ1n) is 5.23. The molecule has 0 saturated heterocycles. The molecule has 0 fully saturated rings. The van der Waals surface area contributed by atoms with Crippen molar-refractivity contribution in [1.29, 1.82) is 0 Å². The third-order valence-electron chi connectivity index (χ3n) is 2.56. The van der Waals surface area contributed by atoms with Crippen LogP contribution in [-0.4, -0.2) is 8.75 Å². The molecule has 3 rings (SSSR count). The normalized spacial score (nSPS) is 11.1. The molecule has 0 aliphatic heterocycles. The van der Waals surface area contributed by atoms with E-state index in [1.54, 1.807) is 17.4 Å². The predicted octanol–water partition coefficient (Wildman–Crippen LogP) is 5.43. The van der Waals surface area contributed by atoms with Gasteiger partial charge in [0.1, 0.15) is 11.0 Å². The van der Waals surface area contributed by atoms with Gasteiger partial charge >= 0.3 is 0 Å². The highest BCUT2D eigenvalue weighted by Crippen LogP contribution is 2.36. The van der Waals surface area contributed by atoms with E-state index in [1.807, 2.05) is 11.4 Å². The summed E-state index contributed by atoms with van der Waals surface area (Å²) in [5, 5.41) is 6.42. The van der Waals surface area contributed by atoms with Crippen LogP contribution in [0.3, 0.4) is 0 Å². The molecule has 1 aromatic carbocycles. The molecule has 0 atom stereocenters. The molecule has 2 aromatic heterocycles. The molecule has 98 valence electrons. The van der Waals surface area contributed by atoms with E-state index in [-0.39, 0.29) is 0 Å². The summed E-state index contributed by atoms with van der Waals surface area (Å²) in [7, 11) is 0. The molecule has 2 heterocycles. The largest absolute Gasteiger partial charge is 0.377 e. The third kappa shape index (κ3) is 2.60. The van der Waals surface area contributed by atoms with Crippen LogP contribution in [0.1, 0.15) is 4.88 Å². The van der Waals surface area contributed by atoms with Crippen LogP contribution in [0.15, 0.2) is 22.0 Å². The zero-order valence-electron chi connectivity index (χ0n) is 9.28. The van der Waals surface area contributed by atoms with E-state index in [4.69, 9.17) is 23.2 Å². The second-order valence-corrected chi connectivity index (χ2v) is 6.92. The van der Waals surface area contributed by atoms with E-state index in [1.165, 1.54) is 4.88 Å². The average Bonchev–Trinajstić information content (AvgIpc) is 2.98. The molecule has 0 amide bonds. The second kappa shape index (κ2) is 5.54. The number of benzene rings is 1. The number of hydrogen-bond donors (Lipinski definition) is 1. The smallest absolute Gasteiger partial charge is 0.130 e. The number of anilines is 1. The number of aromatic nitrogens is 2. The van der Waals surface area contributed by atoms with Gasteiger partial charge in [-0.1, -0.05) is 23.2 Å². The Morgan fingerprint density at radius 3 is 2.74 bits per heavy atom. The van der Waals surface area contributed by atoms with Gasteiger partial charge in [-0.2, -0.15) is 8.75 Å². The summed E-state index contributed by atoms with van der Waals surface area (Å²) in [6, 6.07) is 3.71. The zero-order chi connectivity index (χ0) is 13.4. The van der Waals surface area contributed by atoms with Crippen molar-refractivity contribution >= 4 is 78.9 Å². The molecule has 0 saturated carbocycles. The van der Waals surface area contributed by atoms with Crippen molar-refractivity contribution in [2.24, 2.45) is 0 Å². The van der Waals surface area contributed by atoms with Gasteiger partial charge in [-0.15, -0.1) is 11.3 Å². The minimum Gasteiger partial charge on any atom is -0.377 e. The summed E-state index contributed by atoms with van der Waals surface area (Å²) in [5.74, 6) is 0. The van der Waals surface area contributed by atoms with E-state index in [0.29, 0.717) is 22.1 Å². The summed E-state index contributed by atoms with van der Waals surface area (Å²) >= 11 is 18.6. The maximum atomic E-state index is 6.23. The molecule has 0 aliphatic rings. The Hall–Kier alpha value is -0.400. The quantitative estimate of drug-likeness (QED) is 0.643. The van der Waals surface area contributed by atoms with E-state index >= 15 is 0 Å². The third-order valence-corrected chi connectivity index (χ3v) is 5.60. The van der Waals surface area contributed by atoms with Gasteiger partial charge in [0.25, 0.3) is 0 Å². The Labute approximate surface area is 136 Å².